The molecule has 178 valence electrons. The maximum atomic E-state index is 11.8. The van der Waals surface area contributed by atoms with Gasteiger partial charge in [0.2, 0.25) is 17.7 Å². The summed E-state index contributed by atoms with van der Waals surface area (Å²) in [5.41, 5.74) is 3.04. The molecule has 0 unspecified atom stereocenters. The van der Waals surface area contributed by atoms with Crippen LogP contribution >= 0.6 is 11.3 Å². The summed E-state index contributed by atoms with van der Waals surface area (Å²) >= 11 is 1.58. The number of aromatic nitrogens is 2. The zero-order valence-corrected chi connectivity index (χ0v) is 20.3. The lowest BCUT2D eigenvalue weighted by Crippen LogP contribution is -2.44. The number of piperazine rings is 1. The second-order valence-electron chi connectivity index (χ2n) is 8.80. The topological polar surface area (TPSA) is 73.8 Å². The molecule has 34 heavy (non-hydrogen) atoms. The Morgan fingerprint density at radius 1 is 1.09 bits per heavy atom. The van der Waals surface area contributed by atoms with Gasteiger partial charge < -0.3 is 24.8 Å². The van der Waals surface area contributed by atoms with Crippen molar-refractivity contribution >= 4 is 44.8 Å². The molecule has 2 saturated heterocycles. The third kappa shape index (κ3) is 5.00. The van der Waals surface area contributed by atoms with Gasteiger partial charge in [-0.25, -0.2) is 4.98 Å². The minimum Gasteiger partial charge on any atom is -0.473 e. The van der Waals surface area contributed by atoms with Crippen molar-refractivity contribution in [3.63, 3.8) is 0 Å². The van der Waals surface area contributed by atoms with E-state index >= 15 is 0 Å². The Bertz CT molecular complexity index is 1150. The van der Waals surface area contributed by atoms with E-state index in [1.165, 1.54) is 11.8 Å². The number of carbonyl (C=O) groups is 1. The van der Waals surface area contributed by atoms with Crippen molar-refractivity contribution in [2.45, 2.75) is 18.9 Å². The van der Waals surface area contributed by atoms with Crippen molar-refractivity contribution in [2.24, 2.45) is 0 Å². The first kappa shape index (κ1) is 22.6. The average molecular weight is 479 g/mol. The summed E-state index contributed by atoms with van der Waals surface area (Å²) in [6.45, 7) is 9.17. The number of anilines is 3. The Morgan fingerprint density at radius 2 is 1.82 bits per heavy atom. The van der Waals surface area contributed by atoms with Crippen LogP contribution in [0.3, 0.4) is 0 Å². The van der Waals surface area contributed by atoms with Gasteiger partial charge >= 0.3 is 0 Å². The molecule has 2 fully saturated rings. The normalized spacial score (nSPS) is 17.7. The fourth-order valence-electron chi connectivity index (χ4n) is 4.40. The molecule has 0 radical (unpaired) electrons. The first-order chi connectivity index (χ1) is 16.6. The van der Waals surface area contributed by atoms with Gasteiger partial charge in [0.25, 0.3) is 0 Å². The summed E-state index contributed by atoms with van der Waals surface area (Å²) in [5, 5.41) is 5.35. The molecule has 4 heterocycles. The maximum Gasteiger partial charge on any atom is 0.245 e. The Labute approximate surface area is 203 Å². The van der Waals surface area contributed by atoms with Crippen molar-refractivity contribution in [2.75, 3.05) is 56.5 Å². The van der Waals surface area contributed by atoms with Gasteiger partial charge in [-0.1, -0.05) is 6.58 Å². The maximum absolute atomic E-state index is 11.8. The largest absolute Gasteiger partial charge is 0.473 e. The lowest BCUT2D eigenvalue weighted by molar-refractivity contribution is -0.127. The molecule has 0 bridgehead atoms. The first-order valence-electron chi connectivity index (χ1n) is 11.7. The number of hydrogen-bond acceptors (Lipinski definition) is 8. The molecular formula is C25H30N6O2S. The molecule has 0 atom stereocenters. The minimum absolute atomic E-state index is 0.0183. The lowest BCUT2D eigenvalue weighted by atomic mass is 10.1. The predicted molar refractivity (Wildman–Crippen MR) is 137 cm³/mol. The number of nitrogens with one attached hydrogen (secondary N) is 1. The molecule has 2 aliphatic heterocycles. The van der Waals surface area contributed by atoms with E-state index in [0.29, 0.717) is 24.9 Å². The van der Waals surface area contributed by atoms with Crippen molar-refractivity contribution in [1.29, 1.82) is 0 Å². The Kier molecular flexibility index (Phi) is 6.64. The minimum atomic E-state index is -0.0220. The monoisotopic (exact) mass is 478 g/mol. The molecule has 9 heteroatoms. The zero-order valence-electron chi connectivity index (χ0n) is 19.4. The van der Waals surface area contributed by atoms with E-state index in [9.17, 15) is 4.79 Å². The molecule has 0 saturated carbocycles. The summed E-state index contributed by atoms with van der Waals surface area (Å²) < 4.78 is 7.26. The fraction of sp³-hybridized carbons (Fsp3) is 0.400. The van der Waals surface area contributed by atoms with E-state index in [1.54, 1.807) is 11.3 Å². The smallest absolute Gasteiger partial charge is 0.245 e. The molecular weight excluding hydrogens is 448 g/mol. The van der Waals surface area contributed by atoms with Crippen molar-refractivity contribution < 1.29 is 9.53 Å². The van der Waals surface area contributed by atoms with E-state index in [2.05, 4.69) is 58.0 Å². The number of carbonyl (C=O) groups excluding carboxylic acids is 1. The Balaban J connectivity index is 1.27. The second-order valence-corrected chi connectivity index (χ2v) is 9.71. The number of fused-ring (bicyclic) bond motifs is 1. The van der Waals surface area contributed by atoms with E-state index < -0.39 is 0 Å². The standard InChI is InChI=1S/C25H30N6O2S/c1-3-22(32)31-11-8-20(9-12-31)33-24-23-21(10-17-34-23)27-25(28-24)26-18-4-6-19(7-5-18)30-15-13-29(2)14-16-30/h3-7,10,17,20H,1,8-9,11-16H2,2H3,(H,26,27,28). The third-order valence-corrected chi connectivity index (χ3v) is 7.36. The first-order valence-corrected chi connectivity index (χ1v) is 12.6. The summed E-state index contributed by atoms with van der Waals surface area (Å²) in [7, 11) is 2.17. The highest BCUT2D eigenvalue weighted by Crippen LogP contribution is 2.32. The van der Waals surface area contributed by atoms with Crippen LogP contribution in [0.4, 0.5) is 17.3 Å². The average Bonchev–Trinajstić information content (AvgIpc) is 3.34. The van der Waals surface area contributed by atoms with Gasteiger partial charge in [-0.2, -0.15) is 4.98 Å². The molecule has 3 aromatic rings. The van der Waals surface area contributed by atoms with E-state index in [0.717, 1.165) is 54.9 Å². The van der Waals surface area contributed by atoms with Crippen molar-refractivity contribution in [3.8, 4) is 5.88 Å². The van der Waals surface area contributed by atoms with E-state index in [4.69, 9.17) is 9.72 Å². The number of nitrogens with zero attached hydrogens (tertiary/aromatic N) is 5. The summed E-state index contributed by atoms with van der Waals surface area (Å²) in [6.07, 6.45) is 2.93. The van der Waals surface area contributed by atoms with Crippen molar-refractivity contribution in [1.82, 2.24) is 19.8 Å². The summed E-state index contributed by atoms with van der Waals surface area (Å²) in [4.78, 5) is 27.8. The fourth-order valence-corrected chi connectivity index (χ4v) is 5.16. The molecule has 5 rings (SSSR count). The number of likely N-dealkylation sites (N-methyl/N-ethyl adjacent to an activating group) is 1. The molecule has 0 aliphatic carbocycles. The zero-order chi connectivity index (χ0) is 23.5. The van der Waals surface area contributed by atoms with Crippen LogP contribution in [0.25, 0.3) is 10.2 Å². The third-order valence-electron chi connectivity index (χ3n) is 6.47. The van der Waals surface area contributed by atoms with Gasteiger partial charge in [-0.15, -0.1) is 11.3 Å². The number of rotatable bonds is 6. The summed E-state index contributed by atoms with van der Waals surface area (Å²) in [5.74, 6) is 1.10. The molecule has 1 amide bonds. The second kappa shape index (κ2) is 9.99. The highest BCUT2D eigenvalue weighted by atomic mass is 32.1. The summed E-state index contributed by atoms with van der Waals surface area (Å²) in [6, 6.07) is 10.4. The number of likely N-dealkylation sites (tertiary alicyclic amines) is 1. The van der Waals surface area contributed by atoms with Crippen LogP contribution in [0.1, 0.15) is 12.8 Å². The predicted octanol–water partition coefficient (Wildman–Crippen LogP) is 3.74. The molecule has 8 nitrogen and oxygen atoms in total. The van der Waals surface area contributed by atoms with Gasteiger partial charge in [-0.3, -0.25) is 4.79 Å². The van der Waals surface area contributed by atoms with Gasteiger partial charge in [0.05, 0.1) is 5.52 Å². The van der Waals surface area contributed by atoms with E-state index in [1.807, 2.05) is 16.3 Å². The van der Waals surface area contributed by atoms with Crippen LogP contribution in [0.15, 0.2) is 48.4 Å². The number of ether oxygens (including phenoxy) is 1. The Morgan fingerprint density at radius 3 is 2.53 bits per heavy atom. The van der Waals surface area contributed by atoms with Crippen LogP contribution in [0.2, 0.25) is 0 Å². The quantitative estimate of drug-likeness (QED) is 0.541. The van der Waals surface area contributed by atoms with Crippen LogP contribution in [-0.4, -0.2) is 78.1 Å². The number of hydrogen-bond donors (Lipinski definition) is 1. The lowest BCUT2D eigenvalue weighted by Gasteiger charge is -2.34. The van der Waals surface area contributed by atoms with E-state index in [-0.39, 0.29) is 12.0 Å². The molecule has 1 aromatic carbocycles. The SMILES string of the molecule is C=CC(=O)N1CCC(Oc2nc(Nc3ccc(N4CCN(C)CC4)cc3)nc3ccsc23)CC1. The van der Waals surface area contributed by atoms with Gasteiger partial charge in [0.15, 0.2) is 0 Å². The van der Waals surface area contributed by atoms with Crippen LogP contribution < -0.4 is 15.0 Å². The van der Waals surface area contributed by atoms with Crippen LogP contribution in [0, 0.1) is 0 Å². The molecule has 1 N–H and O–H groups in total. The number of amides is 1. The number of thiophene rings is 1. The van der Waals surface area contributed by atoms with Crippen LogP contribution in [0.5, 0.6) is 5.88 Å². The number of piperidine rings is 1. The van der Waals surface area contributed by atoms with Crippen LogP contribution in [-0.2, 0) is 4.79 Å². The highest BCUT2D eigenvalue weighted by Gasteiger charge is 2.24. The van der Waals surface area contributed by atoms with Crippen molar-refractivity contribution in [3.05, 3.63) is 48.4 Å². The molecule has 2 aromatic heterocycles. The van der Waals surface area contributed by atoms with Gasteiger partial charge in [0.1, 0.15) is 10.8 Å². The van der Waals surface area contributed by atoms with Gasteiger partial charge in [0, 0.05) is 63.5 Å². The molecule has 2 aliphatic rings. The highest BCUT2D eigenvalue weighted by molar-refractivity contribution is 7.17. The Hall–Kier alpha value is -3.17. The van der Waals surface area contributed by atoms with Gasteiger partial charge in [-0.05, 0) is 48.8 Å². The number of benzene rings is 1. The molecule has 0 spiro atoms.